The third-order valence-electron chi connectivity index (χ3n) is 3.78. The average Bonchev–Trinajstić information content (AvgIpc) is 2.62. The summed E-state index contributed by atoms with van der Waals surface area (Å²) in [6.45, 7) is 0. The molecule has 0 unspecified atom stereocenters. The predicted molar refractivity (Wildman–Crippen MR) is 88.7 cm³/mol. The summed E-state index contributed by atoms with van der Waals surface area (Å²) in [5.74, 6) is -1.58. The van der Waals surface area contributed by atoms with Gasteiger partial charge in [-0.25, -0.2) is 13.8 Å². The Morgan fingerprint density at radius 3 is 2.36 bits per heavy atom. The molecule has 0 aliphatic rings. The van der Waals surface area contributed by atoms with Crippen LogP contribution in [0.5, 0.6) is 0 Å². The highest BCUT2D eigenvalue weighted by Gasteiger charge is 2.18. The number of H-pyrrole nitrogens is 1. The van der Waals surface area contributed by atoms with Crippen molar-refractivity contribution in [2.24, 2.45) is 0 Å². The Hall–Kier alpha value is -3.48. The number of aromatic nitrogens is 4. The van der Waals surface area contributed by atoms with Crippen LogP contribution < -0.4 is 5.56 Å². The lowest BCUT2D eigenvalue weighted by molar-refractivity contribution is 0.579. The van der Waals surface area contributed by atoms with E-state index < -0.39 is 11.6 Å². The van der Waals surface area contributed by atoms with Crippen LogP contribution in [0.2, 0.25) is 0 Å². The molecule has 4 rings (SSSR count). The van der Waals surface area contributed by atoms with E-state index in [2.05, 4.69) is 19.9 Å². The van der Waals surface area contributed by atoms with Crippen LogP contribution in [0.1, 0.15) is 0 Å². The molecule has 4 aromatic heterocycles. The molecule has 0 fully saturated rings. The van der Waals surface area contributed by atoms with Gasteiger partial charge in [-0.15, -0.1) is 0 Å². The van der Waals surface area contributed by atoms with Gasteiger partial charge in [-0.05, 0) is 24.3 Å². The zero-order valence-corrected chi connectivity index (χ0v) is 12.7. The molecule has 25 heavy (non-hydrogen) atoms. The second kappa shape index (κ2) is 5.86. The largest absolute Gasteiger partial charge is 0.307 e. The molecule has 122 valence electrons. The van der Waals surface area contributed by atoms with Gasteiger partial charge in [0.15, 0.2) is 11.6 Å². The number of halogens is 2. The van der Waals surface area contributed by atoms with Gasteiger partial charge in [0, 0.05) is 35.0 Å². The van der Waals surface area contributed by atoms with Crippen molar-refractivity contribution in [3.8, 4) is 22.4 Å². The summed E-state index contributed by atoms with van der Waals surface area (Å²) >= 11 is 0. The number of nitrogens with zero attached hydrogens (tertiary/aromatic N) is 3. The van der Waals surface area contributed by atoms with Gasteiger partial charge in [-0.2, -0.15) is 0 Å². The van der Waals surface area contributed by atoms with Crippen molar-refractivity contribution in [3.05, 3.63) is 77.1 Å². The van der Waals surface area contributed by atoms with Crippen molar-refractivity contribution in [1.82, 2.24) is 19.9 Å². The molecule has 4 heterocycles. The molecule has 0 aromatic carbocycles. The van der Waals surface area contributed by atoms with Crippen molar-refractivity contribution in [2.45, 2.75) is 0 Å². The fraction of sp³-hybridized carbons (Fsp3) is 0. The Morgan fingerprint density at radius 1 is 0.920 bits per heavy atom. The summed E-state index contributed by atoms with van der Waals surface area (Å²) < 4.78 is 28.6. The molecular formula is C18H10F2N4O. The fourth-order valence-corrected chi connectivity index (χ4v) is 2.67. The van der Waals surface area contributed by atoms with Gasteiger partial charge < -0.3 is 4.98 Å². The predicted octanol–water partition coefficient (Wildman–Crippen LogP) is 3.33. The van der Waals surface area contributed by atoms with Gasteiger partial charge >= 0.3 is 0 Å². The zero-order chi connectivity index (χ0) is 17.4. The Balaban J connectivity index is 2.12. The average molecular weight is 336 g/mol. The van der Waals surface area contributed by atoms with Gasteiger partial charge in [-0.1, -0.05) is 0 Å². The lowest BCUT2D eigenvalue weighted by Gasteiger charge is -2.12. The third kappa shape index (κ3) is 2.65. The summed E-state index contributed by atoms with van der Waals surface area (Å²) in [6, 6.07) is 7.83. The molecule has 0 aliphatic carbocycles. The highest BCUT2D eigenvalue weighted by Crippen LogP contribution is 2.35. The molecule has 0 amide bonds. The van der Waals surface area contributed by atoms with Gasteiger partial charge in [0.2, 0.25) is 5.56 Å². The van der Waals surface area contributed by atoms with Crippen LogP contribution in [0.4, 0.5) is 8.78 Å². The highest BCUT2D eigenvalue weighted by atomic mass is 19.1. The van der Waals surface area contributed by atoms with E-state index in [9.17, 15) is 13.6 Å². The second-order valence-corrected chi connectivity index (χ2v) is 5.36. The Bertz CT molecular complexity index is 1120. The number of hydrogen-bond donors (Lipinski definition) is 1. The number of aromatic amines is 1. The molecule has 1 N–H and O–H groups in total. The third-order valence-corrected chi connectivity index (χ3v) is 3.78. The van der Waals surface area contributed by atoms with E-state index in [1.807, 2.05) is 0 Å². The fourth-order valence-electron chi connectivity index (χ4n) is 2.67. The second-order valence-electron chi connectivity index (χ2n) is 5.36. The number of fused-ring (bicyclic) bond motifs is 1. The van der Waals surface area contributed by atoms with Crippen molar-refractivity contribution in [3.63, 3.8) is 0 Å². The summed E-state index contributed by atoms with van der Waals surface area (Å²) in [7, 11) is 0. The quantitative estimate of drug-likeness (QED) is 0.609. The Kier molecular flexibility index (Phi) is 3.53. The molecule has 7 heteroatoms. The molecule has 0 saturated heterocycles. The minimum Gasteiger partial charge on any atom is -0.307 e. The molecule has 0 radical (unpaired) electrons. The summed E-state index contributed by atoms with van der Waals surface area (Å²) in [6.07, 6.45) is 5.01. The van der Waals surface area contributed by atoms with Gasteiger partial charge in [0.05, 0.1) is 23.7 Å². The SMILES string of the molecule is O=c1ccc2cc(-c3c(F)cncc3F)c(-c3ccncc3)nc2[nH]1. The van der Waals surface area contributed by atoms with Crippen molar-refractivity contribution in [2.75, 3.05) is 0 Å². The van der Waals surface area contributed by atoms with Gasteiger partial charge in [0.1, 0.15) is 5.65 Å². The van der Waals surface area contributed by atoms with Gasteiger partial charge in [-0.3, -0.25) is 14.8 Å². The smallest absolute Gasteiger partial charge is 0.249 e. The minimum atomic E-state index is -0.791. The normalized spacial score (nSPS) is 11.0. The number of nitrogens with one attached hydrogen (secondary N) is 1. The topological polar surface area (TPSA) is 71.5 Å². The Labute approximate surface area is 140 Å². The van der Waals surface area contributed by atoms with Crippen LogP contribution in [0, 0.1) is 11.6 Å². The minimum absolute atomic E-state index is 0.220. The highest BCUT2D eigenvalue weighted by molar-refractivity contribution is 5.90. The van der Waals surface area contributed by atoms with Crippen LogP contribution in [0.15, 0.2) is 59.9 Å². The first kappa shape index (κ1) is 15.1. The number of rotatable bonds is 2. The van der Waals surface area contributed by atoms with E-state index in [4.69, 9.17) is 0 Å². The van der Waals surface area contributed by atoms with Crippen LogP contribution >= 0.6 is 0 Å². The van der Waals surface area contributed by atoms with E-state index in [0.29, 0.717) is 22.3 Å². The maximum absolute atomic E-state index is 14.3. The molecule has 0 aliphatic heterocycles. The van der Waals surface area contributed by atoms with Gasteiger partial charge in [0.25, 0.3) is 0 Å². The molecule has 5 nitrogen and oxygen atoms in total. The summed E-state index contributed by atoms with van der Waals surface area (Å²) in [5, 5.41) is 0.558. The van der Waals surface area contributed by atoms with Crippen molar-refractivity contribution >= 4 is 11.0 Å². The van der Waals surface area contributed by atoms with E-state index in [0.717, 1.165) is 12.4 Å². The molecule has 0 saturated carbocycles. The maximum atomic E-state index is 14.3. The van der Waals surface area contributed by atoms with Crippen LogP contribution in [-0.2, 0) is 0 Å². The molecule has 4 aromatic rings. The van der Waals surface area contributed by atoms with E-state index in [-0.39, 0.29) is 16.7 Å². The maximum Gasteiger partial charge on any atom is 0.249 e. The molecular weight excluding hydrogens is 326 g/mol. The zero-order valence-electron chi connectivity index (χ0n) is 12.7. The van der Waals surface area contributed by atoms with Crippen LogP contribution in [-0.4, -0.2) is 19.9 Å². The summed E-state index contributed by atoms with van der Waals surface area (Å²) in [4.78, 5) is 26.1. The summed E-state index contributed by atoms with van der Waals surface area (Å²) in [5.41, 5.74) is 1.02. The number of hydrogen-bond acceptors (Lipinski definition) is 4. The van der Waals surface area contributed by atoms with Crippen LogP contribution in [0.3, 0.4) is 0 Å². The van der Waals surface area contributed by atoms with Crippen molar-refractivity contribution in [1.29, 1.82) is 0 Å². The first-order chi connectivity index (χ1) is 12.1. The van der Waals surface area contributed by atoms with Crippen LogP contribution in [0.25, 0.3) is 33.4 Å². The standard InChI is InChI=1S/C18H10F2N4O/c19-13-8-22-9-14(20)16(13)12-7-11-1-2-15(25)23-18(11)24-17(12)10-3-5-21-6-4-10/h1-9H,(H,23,24,25). The Morgan fingerprint density at radius 2 is 1.64 bits per heavy atom. The van der Waals surface area contributed by atoms with E-state index >= 15 is 0 Å². The lowest BCUT2D eigenvalue weighted by atomic mass is 9.98. The van der Waals surface area contributed by atoms with Crippen molar-refractivity contribution < 1.29 is 8.78 Å². The molecule has 0 spiro atoms. The molecule has 0 bridgehead atoms. The number of pyridine rings is 4. The monoisotopic (exact) mass is 336 g/mol. The molecule has 0 atom stereocenters. The first-order valence-corrected chi connectivity index (χ1v) is 7.37. The first-order valence-electron chi connectivity index (χ1n) is 7.37. The van der Waals surface area contributed by atoms with E-state index in [1.54, 1.807) is 36.7 Å². The van der Waals surface area contributed by atoms with E-state index in [1.165, 1.54) is 6.07 Å². The lowest BCUT2D eigenvalue weighted by Crippen LogP contribution is -2.05.